The predicted octanol–water partition coefficient (Wildman–Crippen LogP) is 3.74. The number of aryl methyl sites for hydroxylation is 1. The zero-order chi connectivity index (χ0) is 18.4. The number of hydrogen-bond donors (Lipinski definition) is 1. The monoisotopic (exact) mass is 360 g/mol. The van der Waals surface area contributed by atoms with E-state index < -0.39 is 11.6 Å². The van der Waals surface area contributed by atoms with Gasteiger partial charge in [0, 0.05) is 35.7 Å². The molecule has 0 saturated carbocycles. The van der Waals surface area contributed by atoms with Crippen molar-refractivity contribution in [1.82, 2.24) is 0 Å². The number of fused-ring (bicyclic) bond motifs is 1. The van der Waals surface area contributed by atoms with Gasteiger partial charge in [-0.25, -0.2) is 0 Å². The van der Waals surface area contributed by atoms with Gasteiger partial charge in [0.1, 0.15) is 0 Å². The van der Waals surface area contributed by atoms with E-state index in [0.29, 0.717) is 12.3 Å². The molecule has 1 atom stereocenters. The Hall–Kier alpha value is -2.54. The summed E-state index contributed by atoms with van der Waals surface area (Å²) in [6, 6.07) is 11.9. The third-order valence-electron chi connectivity index (χ3n) is 4.48. The molecule has 2 aromatic rings. The van der Waals surface area contributed by atoms with E-state index in [1.807, 2.05) is 43.3 Å². The molecule has 0 spiro atoms. The van der Waals surface area contributed by atoms with Crippen LogP contribution in [0.25, 0.3) is 0 Å². The van der Waals surface area contributed by atoms with E-state index in [-0.39, 0.29) is 10.6 Å². The molecule has 7 heteroatoms. The van der Waals surface area contributed by atoms with Crippen molar-refractivity contribution in [2.24, 2.45) is 0 Å². The Bertz CT molecular complexity index is 802. The number of benzene rings is 2. The van der Waals surface area contributed by atoms with Crippen LogP contribution in [0.5, 0.6) is 0 Å². The van der Waals surface area contributed by atoms with Crippen LogP contribution >= 0.6 is 0 Å². The van der Waals surface area contributed by atoms with Crippen molar-refractivity contribution in [2.75, 3.05) is 11.9 Å². The lowest BCUT2D eigenvalue weighted by Gasteiger charge is -2.15. The topological polar surface area (TPSA) is 89.3 Å². The Morgan fingerprint density at radius 2 is 1.92 bits per heavy atom. The third kappa shape index (κ3) is 4.11. The molecule has 6 nitrogen and oxygen atoms in total. The van der Waals surface area contributed by atoms with Crippen molar-refractivity contribution in [3.8, 4) is 0 Å². The number of hydrogen-bond acceptors (Lipinski definition) is 5. The molecule has 0 fully saturated rings. The van der Waals surface area contributed by atoms with Crippen LogP contribution in [-0.4, -0.2) is 19.9 Å². The minimum absolute atomic E-state index is 0.223. The van der Waals surface area contributed by atoms with E-state index in [2.05, 4.69) is 12.2 Å². The Labute approximate surface area is 150 Å². The zero-order valence-electron chi connectivity index (χ0n) is 14.2. The second kappa shape index (κ2) is 8.53. The quantitative estimate of drug-likeness (QED) is 0.662. The van der Waals surface area contributed by atoms with Crippen LogP contribution < -0.4 is 5.32 Å². The predicted molar refractivity (Wildman–Crippen MR) is 97.5 cm³/mol. The van der Waals surface area contributed by atoms with Crippen molar-refractivity contribution in [3.05, 3.63) is 68.8 Å². The number of nitrogens with one attached hydrogen (secondary N) is 1. The van der Waals surface area contributed by atoms with Crippen LogP contribution in [0.3, 0.4) is 0 Å². The summed E-state index contributed by atoms with van der Waals surface area (Å²) in [5, 5.41) is 15.0. The summed E-state index contributed by atoms with van der Waals surface area (Å²) >= 11 is -0.750. The van der Waals surface area contributed by atoms with Crippen LogP contribution in [0.2, 0.25) is 0 Å². The minimum Gasteiger partial charge on any atom is -0.384 e. The normalized spacial score (nSPS) is 14.7. The van der Waals surface area contributed by atoms with Crippen LogP contribution in [0.4, 0.5) is 11.4 Å². The molecular weight excluding hydrogens is 340 g/mol. The Kier molecular flexibility index (Phi) is 6.41. The van der Waals surface area contributed by atoms with Gasteiger partial charge in [0.2, 0.25) is 0 Å². The Balaban J connectivity index is 0.000000701. The fourth-order valence-electron chi connectivity index (χ4n) is 3.42. The first-order valence-corrected chi connectivity index (χ1v) is 8.70. The fourth-order valence-corrected chi connectivity index (χ4v) is 3.42. The molecule has 132 valence electrons. The molecule has 0 bridgehead atoms. The summed E-state index contributed by atoms with van der Waals surface area (Å²) in [4.78, 5) is 11.4. The van der Waals surface area contributed by atoms with Gasteiger partial charge in [0.15, 0.2) is 0 Å². The zero-order valence-corrected chi connectivity index (χ0v) is 15.0. The van der Waals surface area contributed by atoms with Gasteiger partial charge < -0.3 is 5.32 Å². The highest BCUT2D eigenvalue weighted by molar-refractivity contribution is 7.51. The summed E-state index contributed by atoms with van der Waals surface area (Å²) in [7, 11) is 0. The second-order valence-electron chi connectivity index (χ2n) is 5.96. The van der Waals surface area contributed by atoms with Gasteiger partial charge in [-0.3, -0.25) is 10.1 Å². The Morgan fingerprint density at radius 3 is 2.48 bits per heavy atom. The van der Waals surface area contributed by atoms with Crippen molar-refractivity contribution in [2.45, 2.75) is 32.6 Å². The smallest absolute Gasteiger partial charge is 0.335 e. The highest BCUT2D eigenvalue weighted by atomic mass is 32.1. The summed E-state index contributed by atoms with van der Waals surface area (Å²) in [6.07, 6.45) is 1.60. The van der Waals surface area contributed by atoms with Crippen molar-refractivity contribution in [3.63, 3.8) is 0 Å². The van der Waals surface area contributed by atoms with Crippen LogP contribution in [-0.2, 0) is 18.0 Å². The largest absolute Gasteiger partial charge is 0.384 e. The first-order chi connectivity index (χ1) is 12.0. The van der Waals surface area contributed by atoms with E-state index in [1.165, 1.54) is 0 Å². The van der Waals surface area contributed by atoms with E-state index in [1.54, 1.807) is 0 Å². The van der Waals surface area contributed by atoms with Crippen LogP contribution in [0.15, 0.2) is 36.4 Å². The first kappa shape index (κ1) is 18.8. The molecule has 0 saturated heterocycles. The molecule has 2 aromatic carbocycles. The number of nitrogens with zero attached hydrogens (tertiary/aromatic N) is 1. The molecule has 0 unspecified atom stereocenters. The summed E-state index contributed by atoms with van der Waals surface area (Å²) in [5.41, 5.74) is 5.22. The molecule has 1 aliphatic heterocycles. The lowest BCUT2D eigenvalue weighted by atomic mass is 9.88. The molecule has 1 heterocycles. The van der Waals surface area contributed by atoms with Gasteiger partial charge in [0.05, 0.1) is 4.92 Å². The number of nitro benzene ring substituents is 1. The maximum Gasteiger partial charge on any atom is 0.335 e. The summed E-state index contributed by atoms with van der Waals surface area (Å²) < 4.78 is 16.6. The highest BCUT2D eigenvalue weighted by Gasteiger charge is 2.31. The first-order valence-electron chi connectivity index (χ1n) is 8.03. The summed E-state index contributed by atoms with van der Waals surface area (Å²) in [5.74, 6) is 0.355. The van der Waals surface area contributed by atoms with E-state index >= 15 is 0 Å². The average Bonchev–Trinajstić information content (AvgIpc) is 2.99. The second-order valence-corrected chi connectivity index (χ2v) is 6.09. The van der Waals surface area contributed by atoms with E-state index in [0.717, 1.165) is 40.9 Å². The van der Waals surface area contributed by atoms with E-state index in [9.17, 15) is 10.1 Å². The molecule has 0 amide bonds. The van der Waals surface area contributed by atoms with Gasteiger partial charge >= 0.3 is 11.6 Å². The number of rotatable bonds is 4. The SMILES string of the molecule is CC[C@@H]1CNc2cc(C)c([N+](=O)[O-])c(Cc3ccccc3)c21.O=S=O. The van der Waals surface area contributed by atoms with Gasteiger partial charge in [-0.15, -0.1) is 0 Å². The van der Waals surface area contributed by atoms with Crippen molar-refractivity contribution < 1.29 is 13.3 Å². The molecule has 1 N–H and O–H groups in total. The standard InChI is InChI=1S/C18H20N2O2.O2S/c1-3-14-11-19-16-9-12(2)18(20(21)22)15(17(14)16)10-13-7-5-4-6-8-13;1-3-2/h4-9,14,19H,3,10-11H2,1-2H3;/t14-;/m1./s1. The molecule has 0 radical (unpaired) electrons. The molecule has 25 heavy (non-hydrogen) atoms. The molecule has 0 aromatic heterocycles. The molecule has 3 rings (SSSR count). The van der Waals surface area contributed by atoms with Gasteiger partial charge in [0.25, 0.3) is 5.69 Å². The third-order valence-corrected chi connectivity index (χ3v) is 4.48. The highest BCUT2D eigenvalue weighted by Crippen LogP contribution is 2.42. The van der Waals surface area contributed by atoms with Crippen LogP contribution in [0.1, 0.15) is 41.5 Å². The maximum atomic E-state index is 11.6. The number of anilines is 1. The lowest BCUT2D eigenvalue weighted by Crippen LogP contribution is -2.06. The van der Waals surface area contributed by atoms with Crippen molar-refractivity contribution >= 4 is 22.9 Å². The lowest BCUT2D eigenvalue weighted by molar-refractivity contribution is -0.386. The summed E-state index contributed by atoms with van der Waals surface area (Å²) in [6.45, 7) is 4.83. The molecule has 0 aliphatic carbocycles. The minimum atomic E-state index is -0.750. The molecule has 1 aliphatic rings. The average molecular weight is 360 g/mol. The fraction of sp³-hybridized carbons (Fsp3) is 0.333. The van der Waals surface area contributed by atoms with Gasteiger partial charge in [-0.2, -0.15) is 8.42 Å². The van der Waals surface area contributed by atoms with Gasteiger partial charge in [-0.05, 0) is 30.5 Å². The number of nitro groups is 1. The van der Waals surface area contributed by atoms with Gasteiger partial charge in [-0.1, -0.05) is 37.3 Å². The van der Waals surface area contributed by atoms with Crippen LogP contribution in [0, 0.1) is 17.0 Å². The van der Waals surface area contributed by atoms with E-state index in [4.69, 9.17) is 8.42 Å². The Morgan fingerprint density at radius 1 is 1.28 bits per heavy atom. The maximum absolute atomic E-state index is 11.6. The van der Waals surface area contributed by atoms with Crippen molar-refractivity contribution in [1.29, 1.82) is 0 Å². The molecular formula is C18H20N2O4S.